The molecule has 90 valence electrons. The second-order valence-electron chi connectivity index (χ2n) is 3.65. The molecule has 0 fully saturated rings. The van der Waals surface area contributed by atoms with E-state index in [0.29, 0.717) is 0 Å². The first-order valence-electron chi connectivity index (χ1n) is 5.28. The van der Waals surface area contributed by atoms with Gasteiger partial charge >= 0.3 is 0 Å². The van der Waals surface area contributed by atoms with E-state index in [2.05, 4.69) is 4.98 Å². The van der Waals surface area contributed by atoms with Gasteiger partial charge in [-0.2, -0.15) is 0 Å². The maximum absolute atomic E-state index is 13.0. The molecule has 0 aliphatic carbocycles. The van der Waals surface area contributed by atoms with Crippen molar-refractivity contribution in [1.82, 2.24) is 4.98 Å². The standard InChI is InChI=1S/C14H10FNO2/c15-11-4-6-14(18)12(8-11)13(17)5-3-10-2-1-7-16-9-10/h1-9,18H. The van der Waals surface area contributed by atoms with Gasteiger partial charge in [-0.3, -0.25) is 9.78 Å². The highest BCUT2D eigenvalue weighted by Gasteiger charge is 2.09. The van der Waals surface area contributed by atoms with Crippen LogP contribution in [0.3, 0.4) is 0 Å². The quantitative estimate of drug-likeness (QED) is 0.666. The van der Waals surface area contributed by atoms with Crippen molar-refractivity contribution in [2.24, 2.45) is 0 Å². The first kappa shape index (κ1) is 12.0. The number of hydrogen-bond acceptors (Lipinski definition) is 3. The summed E-state index contributed by atoms with van der Waals surface area (Å²) in [4.78, 5) is 15.7. The van der Waals surface area contributed by atoms with Gasteiger partial charge in [0.15, 0.2) is 5.78 Å². The fourth-order valence-electron chi connectivity index (χ4n) is 1.44. The maximum atomic E-state index is 13.0. The molecule has 0 aliphatic heterocycles. The van der Waals surface area contributed by atoms with E-state index in [4.69, 9.17) is 0 Å². The van der Waals surface area contributed by atoms with Gasteiger partial charge in [-0.15, -0.1) is 0 Å². The molecule has 1 aromatic carbocycles. The highest BCUT2D eigenvalue weighted by Crippen LogP contribution is 2.19. The number of hydrogen-bond donors (Lipinski definition) is 1. The molecule has 0 saturated carbocycles. The molecule has 1 heterocycles. The van der Waals surface area contributed by atoms with E-state index in [9.17, 15) is 14.3 Å². The summed E-state index contributed by atoms with van der Waals surface area (Å²) in [5.74, 6) is -1.26. The number of rotatable bonds is 3. The Kier molecular flexibility index (Phi) is 3.48. The minimum absolute atomic E-state index is 0.0601. The molecule has 2 aromatic rings. The second kappa shape index (κ2) is 5.23. The molecule has 4 heteroatoms. The first-order chi connectivity index (χ1) is 8.66. The van der Waals surface area contributed by atoms with Gasteiger partial charge in [-0.25, -0.2) is 4.39 Å². The zero-order valence-corrected chi connectivity index (χ0v) is 9.38. The number of allylic oxidation sites excluding steroid dienone is 1. The molecule has 0 bridgehead atoms. The number of nitrogens with zero attached hydrogens (tertiary/aromatic N) is 1. The molecule has 0 saturated heterocycles. The number of pyridine rings is 1. The van der Waals surface area contributed by atoms with Crippen LogP contribution < -0.4 is 0 Å². The Morgan fingerprint density at radius 1 is 1.33 bits per heavy atom. The fourth-order valence-corrected chi connectivity index (χ4v) is 1.44. The Labute approximate surface area is 103 Å². The van der Waals surface area contributed by atoms with Gasteiger partial charge in [0.25, 0.3) is 0 Å². The Morgan fingerprint density at radius 3 is 2.89 bits per heavy atom. The molecular formula is C14H10FNO2. The lowest BCUT2D eigenvalue weighted by molar-refractivity contribution is 0.104. The second-order valence-corrected chi connectivity index (χ2v) is 3.65. The molecule has 0 radical (unpaired) electrons. The summed E-state index contributed by atoms with van der Waals surface area (Å²) in [7, 11) is 0. The highest BCUT2D eigenvalue weighted by molar-refractivity contribution is 6.08. The number of benzene rings is 1. The number of aromatic nitrogens is 1. The van der Waals surface area contributed by atoms with Gasteiger partial charge in [0.2, 0.25) is 0 Å². The third kappa shape index (κ3) is 2.79. The summed E-state index contributed by atoms with van der Waals surface area (Å²) in [5.41, 5.74) is 0.692. The molecule has 0 unspecified atom stereocenters. The maximum Gasteiger partial charge on any atom is 0.189 e. The molecule has 3 nitrogen and oxygen atoms in total. The Hall–Kier alpha value is -2.49. The normalized spacial score (nSPS) is 10.7. The molecule has 0 atom stereocenters. The Morgan fingerprint density at radius 2 is 2.17 bits per heavy atom. The number of carbonyl (C=O) groups is 1. The molecule has 18 heavy (non-hydrogen) atoms. The molecule has 1 aromatic heterocycles. The minimum atomic E-state index is -0.564. The number of halogens is 1. The smallest absolute Gasteiger partial charge is 0.189 e. The number of phenols is 1. The van der Waals surface area contributed by atoms with Gasteiger partial charge in [0.1, 0.15) is 11.6 Å². The lowest BCUT2D eigenvalue weighted by atomic mass is 10.1. The fraction of sp³-hybridized carbons (Fsp3) is 0. The van der Waals surface area contributed by atoms with Crippen LogP contribution in [0, 0.1) is 5.82 Å². The lowest BCUT2D eigenvalue weighted by Gasteiger charge is -2.00. The summed E-state index contributed by atoms with van der Waals surface area (Å²) < 4.78 is 13.0. The van der Waals surface area contributed by atoms with Crippen molar-refractivity contribution in [3.05, 3.63) is 65.7 Å². The third-order valence-corrected chi connectivity index (χ3v) is 2.34. The van der Waals surface area contributed by atoms with E-state index in [1.54, 1.807) is 30.6 Å². The number of carbonyl (C=O) groups excluding carboxylic acids is 1. The van der Waals surface area contributed by atoms with Gasteiger partial charge in [-0.1, -0.05) is 6.07 Å². The van der Waals surface area contributed by atoms with E-state index >= 15 is 0 Å². The van der Waals surface area contributed by atoms with Crippen molar-refractivity contribution >= 4 is 11.9 Å². The molecule has 0 amide bonds. The highest BCUT2D eigenvalue weighted by atomic mass is 19.1. The van der Waals surface area contributed by atoms with Crippen LogP contribution in [-0.2, 0) is 0 Å². The van der Waals surface area contributed by atoms with E-state index in [-0.39, 0.29) is 11.3 Å². The van der Waals surface area contributed by atoms with Crippen molar-refractivity contribution in [3.8, 4) is 5.75 Å². The summed E-state index contributed by atoms with van der Waals surface area (Å²) in [6.45, 7) is 0. The van der Waals surface area contributed by atoms with Crippen molar-refractivity contribution < 1.29 is 14.3 Å². The first-order valence-corrected chi connectivity index (χ1v) is 5.28. The Bertz CT molecular complexity index is 594. The molecule has 1 N–H and O–H groups in total. The van der Waals surface area contributed by atoms with Crippen LogP contribution in [0.15, 0.2) is 48.8 Å². The van der Waals surface area contributed by atoms with Crippen LogP contribution in [0.2, 0.25) is 0 Å². The van der Waals surface area contributed by atoms with Gasteiger partial charge in [0, 0.05) is 12.4 Å². The van der Waals surface area contributed by atoms with Crippen LogP contribution in [0.5, 0.6) is 5.75 Å². The summed E-state index contributed by atoms with van der Waals surface area (Å²) >= 11 is 0. The van der Waals surface area contributed by atoms with Gasteiger partial charge in [-0.05, 0) is 42.0 Å². The number of ketones is 1. The summed E-state index contributed by atoms with van der Waals surface area (Å²) in [6.07, 6.45) is 6.04. The van der Waals surface area contributed by atoms with Gasteiger partial charge in [0.05, 0.1) is 5.56 Å². The van der Waals surface area contributed by atoms with Crippen LogP contribution >= 0.6 is 0 Å². The number of aromatic hydroxyl groups is 1. The van der Waals surface area contributed by atoms with Crippen molar-refractivity contribution in [2.75, 3.05) is 0 Å². The van der Waals surface area contributed by atoms with E-state index < -0.39 is 11.6 Å². The summed E-state index contributed by atoms with van der Waals surface area (Å²) in [5, 5.41) is 9.47. The Balaban J connectivity index is 2.22. The van der Waals surface area contributed by atoms with Gasteiger partial charge < -0.3 is 5.11 Å². The zero-order chi connectivity index (χ0) is 13.0. The average Bonchev–Trinajstić information content (AvgIpc) is 2.40. The molecule has 0 spiro atoms. The monoisotopic (exact) mass is 243 g/mol. The van der Waals surface area contributed by atoms with Crippen LogP contribution in [0.25, 0.3) is 6.08 Å². The third-order valence-electron chi connectivity index (χ3n) is 2.34. The SMILES string of the molecule is O=C(C=Cc1cccnc1)c1cc(F)ccc1O. The average molecular weight is 243 g/mol. The molecular weight excluding hydrogens is 233 g/mol. The zero-order valence-electron chi connectivity index (χ0n) is 9.38. The largest absolute Gasteiger partial charge is 0.507 e. The predicted molar refractivity (Wildman–Crippen MR) is 65.7 cm³/mol. The summed E-state index contributed by atoms with van der Waals surface area (Å²) in [6, 6.07) is 6.77. The topological polar surface area (TPSA) is 50.2 Å². The van der Waals surface area contributed by atoms with E-state index in [1.165, 1.54) is 6.08 Å². The van der Waals surface area contributed by atoms with Crippen LogP contribution in [-0.4, -0.2) is 15.9 Å². The van der Waals surface area contributed by atoms with Crippen molar-refractivity contribution in [1.29, 1.82) is 0 Å². The van der Waals surface area contributed by atoms with Crippen LogP contribution in [0.1, 0.15) is 15.9 Å². The lowest BCUT2D eigenvalue weighted by Crippen LogP contribution is -1.95. The van der Waals surface area contributed by atoms with Crippen molar-refractivity contribution in [2.45, 2.75) is 0 Å². The minimum Gasteiger partial charge on any atom is -0.507 e. The van der Waals surface area contributed by atoms with Crippen molar-refractivity contribution in [3.63, 3.8) is 0 Å². The van der Waals surface area contributed by atoms with E-state index in [1.807, 2.05) is 0 Å². The van der Waals surface area contributed by atoms with Crippen LogP contribution in [0.4, 0.5) is 4.39 Å². The van der Waals surface area contributed by atoms with E-state index in [0.717, 1.165) is 23.8 Å². The molecule has 0 aliphatic rings. The predicted octanol–water partition coefficient (Wildman–Crippen LogP) is 2.82. The molecule has 2 rings (SSSR count). The number of phenolic OH excluding ortho intramolecular Hbond substituents is 1.